The zero-order valence-electron chi connectivity index (χ0n) is 10.6. The molecule has 1 atom stereocenters. The van der Waals surface area contributed by atoms with Crippen LogP contribution in [0, 0.1) is 6.92 Å². The summed E-state index contributed by atoms with van der Waals surface area (Å²) in [6.45, 7) is 5.02. The van der Waals surface area contributed by atoms with Crippen LogP contribution >= 0.6 is 0 Å². The summed E-state index contributed by atoms with van der Waals surface area (Å²) in [6, 6.07) is 0.0404. The lowest BCUT2D eigenvalue weighted by Gasteiger charge is -2.11. The minimum absolute atomic E-state index is 0.0404. The number of anilines is 1. The third kappa shape index (κ3) is 3.47. The molecule has 7 heteroatoms. The van der Waals surface area contributed by atoms with E-state index >= 15 is 0 Å². The van der Waals surface area contributed by atoms with Crippen LogP contribution in [0.25, 0.3) is 0 Å². The molecule has 0 aromatic carbocycles. The first kappa shape index (κ1) is 14.0. The van der Waals surface area contributed by atoms with Crippen molar-refractivity contribution in [3.8, 4) is 0 Å². The number of aromatic nitrogens is 1. The molecule has 3 N–H and O–H groups in total. The van der Waals surface area contributed by atoms with Gasteiger partial charge in [-0.3, -0.25) is 4.79 Å². The zero-order chi connectivity index (χ0) is 13.7. The lowest BCUT2D eigenvalue weighted by atomic mass is 10.2. The van der Waals surface area contributed by atoms with Crippen molar-refractivity contribution in [2.45, 2.75) is 33.2 Å². The van der Waals surface area contributed by atoms with Crippen LogP contribution < -0.4 is 11.1 Å². The molecule has 1 aromatic heterocycles. The standard InChI is InChI=1S/C11H17N3O4/c1-4-6(2)13-8(15)5-17-11(16)9-7(3)14-18-10(9)12/h6H,4-5,12H2,1-3H3,(H,13,15)/t6-/m0/s1. The second kappa shape index (κ2) is 6.04. The quantitative estimate of drug-likeness (QED) is 0.747. The van der Waals surface area contributed by atoms with E-state index in [-0.39, 0.29) is 30.0 Å². The Bertz CT molecular complexity index is 422. The normalized spacial score (nSPS) is 11.9. The number of nitrogens with two attached hydrogens (primary N) is 1. The number of rotatable bonds is 5. The number of nitrogens with one attached hydrogen (secondary N) is 1. The van der Waals surface area contributed by atoms with Crippen molar-refractivity contribution >= 4 is 17.8 Å². The number of carbonyl (C=O) groups is 2. The van der Waals surface area contributed by atoms with Crippen LogP contribution in [-0.2, 0) is 9.53 Å². The van der Waals surface area contributed by atoms with E-state index in [0.29, 0.717) is 5.69 Å². The van der Waals surface area contributed by atoms with E-state index < -0.39 is 5.97 Å². The molecule has 0 aliphatic heterocycles. The molecule has 0 fully saturated rings. The van der Waals surface area contributed by atoms with Gasteiger partial charge in [0.15, 0.2) is 6.61 Å². The number of hydrogen-bond donors (Lipinski definition) is 2. The van der Waals surface area contributed by atoms with Crippen molar-refractivity contribution in [2.75, 3.05) is 12.3 Å². The Morgan fingerprint density at radius 3 is 2.72 bits per heavy atom. The Balaban J connectivity index is 2.50. The highest BCUT2D eigenvalue weighted by Crippen LogP contribution is 2.16. The van der Waals surface area contributed by atoms with Gasteiger partial charge in [-0.05, 0) is 20.3 Å². The van der Waals surface area contributed by atoms with Crippen molar-refractivity contribution in [2.24, 2.45) is 0 Å². The Kier molecular flexibility index (Phi) is 4.70. The van der Waals surface area contributed by atoms with Crippen LogP contribution in [0.5, 0.6) is 0 Å². The van der Waals surface area contributed by atoms with Gasteiger partial charge in [-0.15, -0.1) is 0 Å². The van der Waals surface area contributed by atoms with Crippen LogP contribution in [0.4, 0.5) is 5.88 Å². The number of hydrogen-bond acceptors (Lipinski definition) is 6. The first-order valence-corrected chi connectivity index (χ1v) is 5.63. The van der Waals surface area contributed by atoms with Crippen molar-refractivity contribution in [1.82, 2.24) is 10.5 Å². The topological polar surface area (TPSA) is 107 Å². The average molecular weight is 255 g/mol. The molecule has 0 saturated heterocycles. The van der Waals surface area contributed by atoms with Gasteiger partial charge >= 0.3 is 5.97 Å². The summed E-state index contributed by atoms with van der Waals surface area (Å²) in [5.41, 5.74) is 5.81. The van der Waals surface area contributed by atoms with E-state index in [1.807, 2.05) is 13.8 Å². The number of carbonyl (C=O) groups excluding carboxylic acids is 2. The predicted octanol–water partition coefficient (Wildman–Crippen LogP) is 0.637. The van der Waals surface area contributed by atoms with E-state index in [4.69, 9.17) is 10.5 Å². The van der Waals surface area contributed by atoms with Gasteiger partial charge in [0, 0.05) is 6.04 Å². The first-order valence-electron chi connectivity index (χ1n) is 5.63. The molecule has 1 amide bonds. The molecule has 0 bridgehead atoms. The summed E-state index contributed by atoms with van der Waals surface area (Å²) in [6.07, 6.45) is 0.803. The molecular weight excluding hydrogens is 238 g/mol. The van der Waals surface area contributed by atoms with Crippen LogP contribution in [0.2, 0.25) is 0 Å². The second-order valence-electron chi connectivity index (χ2n) is 3.96. The lowest BCUT2D eigenvalue weighted by Crippen LogP contribution is -2.35. The summed E-state index contributed by atoms with van der Waals surface area (Å²) in [5, 5.41) is 6.20. The van der Waals surface area contributed by atoms with Gasteiger partial charge in [0.2, 0.25) is 5.88 Å². The van der Waals surface area contributed by atoms with Gasteiger partial charge in [0.05, 0.1) is 5.69 Å². The smallest absolute Gasteiger partial charge is 0.346 e. The van der Waals surface area contributed by atoms with E-state index in [1.54, 1.807) is 6.92 Å². The van der Waals surface area contributed by atoms with Crippen molar-refractivity contribution in [1.29, 1.82) is 0 Å². The van der Waals surface area contributed by atoms with E-state index in [1.165, 1.54) is 0 Å². The van der Waals surface area contributed by atoms with E-state index in [2.05, 4.69) is 15.0 Å². The van der Waals surface area contributed by atoms with Gasteiger partial charge in [0.1, 0.15) is 5.56 Å². The molecule has 0 aliphatic rings. The molecule has 0 radical (unpaired) electrons. The van der Waals surface area contributed by atoms with Crippen LogP contribution in [-0.4, -0.2) is 29.7 Å². The maximum Gasteiger partial charge on any atom is 0.346 e. The molecule has 0 saturated carbocycles. The van der Waals surface area contributed by atoms with Crippen LogP contribution in [0.15, 0.2) is 4.52 Å². The summed E-state index contributed by atoms with van der Waals surface area (Å²) < 4.78 is 9.46. The zero-order valence-corrected chi connectivity index (χ0v) is 10.6. The lowest BCUT2D eigenvalue weighted by molar-refractivity contribution is -0.124. The minimum Gasteiger partial charge on any atom is -0.452 e. The Labute approximate surface area is 105 Å². The molecule has 100 valence electrons. The van der Waals surface area contributed by atoms with Gasteiger partial charge in [-0.1, -0.05) is 12.1 Å². The molecule has 18 heavy (non-hydrogen) atoms. The third-order valence-corrected chi connectivity index (χ3v) is 2.45. The number of esters is 1. The fourth-order valence-corrected chi connectivity index (χ4v) is 1.26. The Morgan fingerprint density at radius 2 is 2.22 bits per heavy atom. The van der Waals surface area contributed by atoms with Crippen LogP contribution in [0.3, 0.4) is 0 Å². The number of nitrogen functional groups attached to an aromatic ring is 1. The number of nitrogens with zero attached hydrogens (tertiary/aromatic N) is 1. The summed E-state index contributed by atoms with van der Waals surface area (Å²) in [5.74, 6) is -1.18. The highest BCUT2D eigenvalue weighted by atomic mass is 16.5. The highest BCUT2D eigenvalue weighted by molar-refractivity contribution is 5.96. The molecular formula is C11H17N3O4. The number of aryl methyl sites for hydroxylation is 1. The largest absolute Gasteiger partial charge is 0.452 e. The fraction of sp³-hybridized carbons (Fsp3) is 0.545. The fourth-order valence-electron chi connectivity index (χ4n) is 1.26. The summed E-state index contributed by atoms with van der Waals surface area (Å²) >= 11 is 0. The molecule has 0 unspecified atom stereocenters. The molecule has 0 spiro atoms. The monoisotopic (exact) mass is 255 g/mol. The summed E-state index contributed by atoms with van der Waals surface area (Å²) in [7, 11) is 0. The molecule has 1 heterocycles. The SMILES string of the molecule is CC[C@H](C)NC(=O)COC(=O)c1c(C)noc1N. The minimum atomic E-state index is -0.717. The summed E-state index contributed by atoms with van der Waals surface area (Å²) in [4.78, 5) is 23.0. The van der Waals surface area contributed by atoms with Gasteiger partial charge in [-0.25, -0.2) is 4.79 Å². The first-order chi connectivity index (χ1) is 8.45. The van der Waals surface area contributed by atoms with Crippen molar-refractivity contribution < 1.29 is 18.8 Å². The maximum absolute atomic E-state index is 11.6. The van der Waals surface area contributed by atoms with Gasteiger partial charge < -0.3 is 20.3 Å². The number of ether oxygens (including phenoxy) is 1. The van der Waals surface area contributed by atoms with E-state index in [0.717, 1.165) is 6.42 Å². The van der Waals surface area contributed by atoms with Gasteiger partial charge in [0.25, 0.3) is 5.91 Å². The predicted molar refractivity (Wildman–Crippen MR) is 63.8 cm³/mol. The second-order valence-corrected chi connectivity index (χ2v) is 3.96. The van der Waals surface area contributed by atoms with Crippen LogP contribution in [0.1, 0.15) is 36.3 Å². The Hall–Kier alpha value is -2.05. The highest BCUT2D eigenvalue weighted by Gasteiger charge is 2.20. The molecule has 7 nitrogen and oxygen atoms in total. The van der Waals surface area contributed by atoms with E-state index in [9.17, 15) is 9.59 Å². The molecule has 1 rings (SSSR count). The third-order valence-electron chi connectivity index (χ3n) is 2.45. The Morgan fingerprint density at radius 1 is 1.56 bits per heavy atom. The molecule has 0 aliphatic carbocycles. The maximum atomic E-state index is 11.6. The number of amides is 1. The van der Waals surface area contributed by atoms with Crippen molar-refractivity contribution in [3.63, 3.8) is 0 Å². The van der Waals surface area contributed by atoms with Crippen molar-refractivity contribution in [3.05, 3.63) is 11.3 Å². The van der Waals surface area contributed by atoms with Gasteiger partial charge in [-0.2, -0.15) is 0 Å². The average Bonchev–Trinajstić information content (AvgIpc) is 2.66. The molecule has 1 aromatic rings.